The van der Waals surface area contributed by atoms with E-state index >= 15 is 0 Å². The highest BCUT2D eigenvalue weighted by molar-refractivity contribution is 5.90. The molecule has 0 bridgehead atoms. The molecule has 0 heterocycles. The number of nitrogens with zero attached hydrogens (tertiary/aromatic N) is 2. The molecule has 0 spiro atoms. The van der Waals surface area contributed by atoms with E-state index in [0.717, 1.165) is 7.11 Å². The Morgan fingerprint density at radius 1 is 1.28 bits per heavy atom. The Kier molecular flexibility index (Phi) is 6.93. The normalized spacial score (nSPS) is 13.1. The number of carbonyl (C=O) groups is 2. The summed E-state index contributed by atoms with van der Waals surface area (Å²) in [5.74, 6) is -1.52. The van der Waals surface area contributed by atoms with Crippen LogP contribution in [0.2, 0.25) is 0 Å². The van der Waals surface area contributed by atoms with Gasteiger partial charge in [-0.25, -0.2) is 9.59 Å². The molecule has 1 amide bonds. The first-order valence-corrected chi connectivity index (χ1v) is 7.58. The number of carbonyl (C=O) groups excluding carboxylic acids is 2. The standard InChI is InChI=1S/C17H21N3O5/c1-17(2,3)25-16(23)19-12(11-8-6-5-7-9-11)10-13(21)14(20-18)15(22)24-4/h5-9,12H,10H2,1-4H3,(H-,19,21,22,23)/p+1/t12-/m1/s1. The molecule has 0 aliphatic heterocycles. The molecule has 8 nitrogen and oxygen atoms in total. The number of nitrogens with one attached hydrogen (secondary N) is 1. The Labute approximate surface area is 146 Å². The predicted octanol–water partition coefficient (Wildman–Crippen LogP) is 3.44. The smallest absolute Gasteiger partial charge is 0.505 e. The summed E-state index contributed by atoms with van der Waals surface area (Å²) >= 11 is 0. The summed E-state index contributed by atoms with van der Waals surface area (Å²) in [5.41, 5.74) is -0.655. The van der Waals surface area contributed by atoms with E-state index in [0.29, 0.717) is 5.56 Å². The monoisotopic (exact) mass is 348 g/mol. The number of aliphatic hydroxyl groups excluding tert-OH is 1. The maximum absolute atomic E-state index is 12.1. The number of esters is 1. The molecule has 0 aromatic heterocycles. The van der Waals surface area contributed by atoms with Gasteiger partial charge in [0.05, 0.1) is 13.2 Å². The molecule has 0 saturated carbocycles. The molecule has 1 aromatic carbocycles. The summed E-state index contributed by atoms with van der Waals surface area (Å²) in [6.45, 7) is 5.17. The lowest BCUT2D eigenvalue weighted by atomic mass is 10.0. The number of diazo groups is 1. The van der Waals surface area contributed by atoms with Crippen LogP contribution in [0.3, 0.4) is 0 Å². The summed E-state index contributed by atoms with van der Waals surface area (Å²) in [5, 5.41) is 21.7. The van der Waals surface area contributed by atoms with Gasteiger partial charge in [0.2, 0.25) is 5.39 Å². The van der Waals surface area contributed by atoms with Crippen molar-refractivity contribution >= 4 is 12.1 Å². The second kappa shape index (κ2) is 8.68. The first kappa shape index (κ1) is 20.0. The van der Waals surface area contributed by atoms with Crippen molar-refractivity contribution in [1.29, 1.82) is 5.39 Å². The molecule has 0 unspecified atom stereocenters. The van der Waals surface area contributed by atoms with Gasteiger partial charge in [0.1, 0.15) is 5.60 Å². The predicted molar refractivity (Wildman–Crippen MR) is 89.9 cm³/mol. The summed E-state index contributed by atoms with van der Waals surface area (Å²) in [6, 6.07) is 8.09. The Morgan fingerprint density at radius 2 is 1.88 bits per heavy atom. The molecule has 8 heteroatoms. The van der Waals surface area contributed by atoms with Crippen LogP contribution >= 0.6 is 0 Å². The fraction of sp³-hybridized carbons (Fsp3) is 0.412. The Balaban J connectivity index is 3.08. The van der Waals surface area contributed by atoms with Gasteiger partial charge < -0.3 is 19.9 Å². The van der Waals surface area contributed by atoms with E-state index in [4.69, 9.17) is 10.1 Å². The summed E-state index contributed by atoms with van der Waals surface area (Å²) in [6.07, 6.45) is -0.882. The number of hydrogen-bond acceptors (Lipinski definition) is 6. The van der Waals surface area contributed by atoms with Crippen molar-refractivity contribution in [2.75, 3.05) is 7.11 Å². The molecule has 1 rings (SSSR count). The highest BCUT2D eigenvalue weighted by atomic mass is 16.6. The highest BCUT2D eigenvalue weighted by Crippen LogP contribution is 2.23. The molecular formula is C17H22N3O5+. The van der Waals surface area contributed by atoms with Crippen LogP contribution in [-0.2, 0) is 14.3 Å². The van der Waals surface area contributed by atoms with Crippen LogP contribution < -0.4 is 5.32 Å². The molecule has 2 N–H and O–H groups in total. The average molecular weight is 348 g/mol. The number of hydrogen-bond donors (Lipinski definition) is 2. The zero-order valence-electron chi connectivity index (χ0n) is 14.6. The van der Waals surface area contributed by atoms with Crippen LogP contribution in [-0.4, -0.2) is 29.9 Å². The third-order valence-electron chi connectivity index (χ3n) is 3.04. The van der Waals surface area contributed by atoms with Crippen molar-refractivity contribution in [3.8, 4) is 0 Å². The second-order valence-electron chi connectivity index (χ2n) is 6.20. The molecule has 0 saturated heterocycles. The third kappa shape index (κ3) is 6.51. The number of rotatable bonds is 5. The number of ether oxygens (including phenoxy) is 2. The summed E-state index contributed by atoms with van der Waals surface area (Å²) in [7, 11) is 1.09. The van der Waals surface area contributed by atoms with E-state index in [1.807, 2.05) is 0 Å². The maximum Gasteiger partial charge on any atom is 0.505 e. The molecule has 1 aromatic rings. The van der Waals surface area contributed by atoms with Gasteiger partial charge in [-0.05, 0) is 26.3 Å². The minimum atomic E-state index is -0.996. The van der Waals surface area contributed by atoms with Crippen LogP contribution in [0.4, 0.5) is 4.79 Å². The van der Waals surface area contributed by atoms with E-state index < -0.39 is 35.2 Å². The maximum atomic E-state index is 12.1. The third-order valence-corrected chi connectivity index (χ3v) is 3.04. The molecule has 25 heavy (non-hydrogen) atoms. The number of alkyl carbamates (subject to hydrolysis) is 1. The van der Waals surface area contributed by atoms with Gasteiger partial charge >= 0.3 is 17.8 Å². The number of benzene rings is 1. The van der Waals surface area contributed by atoms with Crippen molar-refractivity contribution in [3.05, 3.63) is 52.3 Å². The molecule has 0 fully saturated rings. The van der Waals surface area contributed by atoms with Gasteiger partial charge in [0, 0.05) is 6.42 Å². The highest BCUT2D eigenvalue weighted by Gasteiger charge is 2.32. The zero-order chi connectivity index (χ0) is 19.0. The Morgan fingerprint density at radius 3 is 2.36 bits per heavy atom. The molecule has 0 aliphatic rings. The Bertz CT molecular complexity index is 686. The van der Waals surface area contributed by atoms with Crippen molar-refractivity contribution in [3.63, 3.8) is 0 Å². The number of aliphatic hydroxyl groups is 1. The largest absolute Gasteiger partial charge is 0.505 e. The molecule has 0 aliphatic carbocycles. The Hall–Kier alpha value is -3.08. The van der Waals surface area contributed by atoms with Crippen molar-refractivity contribution < 1.29 is 24.2 Å². The first-order valence-electron chi connectivity index (χ1n) is 7.58. The van der Waals surface area contributed by atoms with Gasteiger partial charge in [-0.15, -0.1) is 0 Å². The van der Waals surface area contributed by atoms with E-state index in [9.17, 15) is 14.7 Å². The van der Waals surface area contributed by atoms with E-state index in [1.165, 1.54) is 0 Å². The van der Waals surface area contributed by atoms with Crippen LogP contribution in [0, 0.1) is 5.39 Å². The van der Waals surface area contributed by atoms with E-state index in [-0.39, 0.29) is 6.42 Å². The van der Waals surface area contributed by atoms with Crippen molar-refractivity contribution in [2.45, 2.75) is 38.8 Å². The lowest BCUT2D eigenvalue weighted by Crippen LogP contribution is -2.35. The van der Waals surface area contributed by atoms with Crippen LogP contribution in [0.25, 0.3) is 4.98 Å². The van der Waals surface area contributed by atoms with Crippen molar-refractivity contribution in [1.82, 2.24) is 5.32 Å². The molecule has 0 radical (unpaired) electrons. The minimum Gasteiger partial charge on any atom is -0.505 e. The van der Waals surface area contributed by atoms with Gasteiger partial charge in [-0.2, -0.15) is 0 Å². The molecule has 134 valence electrons. The fourth-order valence-electron chi connectivity index (χ4n) is 1.99. The second-order valence-corrected chi connectivity index (χ2v) is 6.20. The lowest BCUT2D eigenvalue weighted by Gasteiger charge is -2.23. The average Bonchev–Trinajstić information content (AvgIpc) is 2.53. The van der Waals surface area contributed by atoms with Gasteiger partial charge in [0.25, 0.3) is 0 Å². The summed E-state index contributed by atoms with van der Waals surface area (Å²) < 4.78 is 9.65. The number of amides is 1. The van der Waals surface area contributed by atoms with Gasteiger partial charge in [0.15, 0.2) is 10.7 Å². The lowest BCUT2D eigenvalue weighted by molar-refractivity contribution is -0.136. The number of methoxy groups -OCH3 is 1. The van der Waals surface area contributed by atoms with Crippen LogP contribution in [0.5, 0.6) is 0 Å². The van der Waals surface area contributed by atoms with Crippen LogP contribution in [0.15, 0.2) is 41.8 Å². The molecular weight excluding hydrogens is 326 g/mol. The van der Waals surface area contributed by atoms with Crippen molar-refractivity contribution in [2.24, 2.45) is 0 Å². The van der Waals surface area contributed by atoms with E-state index in [1.54, 1.807) is 51.1 Å². The minimum absolute atomic E-state index is 0.197. The van der Waals surface area contributed by atoms with Gasteiger partial charge in [-0.1, -0.05) is 30.3 Å². The van der Waals surface area contributed by atoms with Crippen LogP contribution in [0.1, 0.15) is 38.8 Å². The first-order chi connectivity index (χ1) is 11.7. The topological polar surface area (TPSA) is 113 Å². The fourth-order valence-corrected chi connectivity index (χ4v) is 1.99. The van der Waals surface area contributed by atoms with Gasteiger partial charge in [-0.3, -0.25) is 0 Å². The van der Waals surface area contributed by atoms with E-state index in [2.05, 4.69) is 15.0 Å². The zero-order valence-corrected chi connectivity index (χ0v) is 14.6. The molecule has 1 atom stereocenters. The summed E-state index contributed by atoms with van der Waals surface area (Å²) in [4.78, 5) is 26.3. The quantitative estimate of drug-likeness (QED) is 0.365. The SMILES string of the molecule is COC(=O)/C([N+]#N)=C(\O)C[C@@H](NC(=O)OC(C)(C)C)c1ccccc1.